The highest BCUT2D eigenvalue weighted by Crippen LogP contribution is 2.44. The Kier molecular flexibility index (Phi) is 7.70. The Morgan fingerprint density at radius 2 is 1.68 bits per heavy atom. The number of aromatic carboxylic acids is 1. The van der Waals surface area contributed by atoms with Crippen LogP contribution in [0.1, 0.15) is 33.8 Å². The second-order valence-electron chi connectivity index (χ2n) is 6.88. The molecule has 0 fully saturated rings. The lowest BCUT2D eigenvalue weighted by Crippen LogP contribution is -2.18. The van der Waals surface area contributed by atoms with Crippen molar-refractivity contribution in [3.63, 3.8) is 0 Å². The molecule has 2 rings (SSSR count). The fraction of sp³-hybridized carbons (Fsp3) is 0.409. The molecule has 0 heterocycles. The van der Waals surface area contributed by atoms with Gasteiger partial charge in [0.2, 0.25) is 5.75 Å². The first-order chi connectivity index (χ1) is 13.4. The molecule has 0 saturated carbocycles. The topological polar surface area (TPSA) is 68.2 Å². The molecule has 1 N–H and O–H groups in total. The van der Waals surface area contributed by atoms with Gasteiger partial charge in [0.05, 0.1) is 26.9 Å². The van der Waals surface area contributed by atoms with Gasteiger partial charge in [-0.25, -0.2) is 4.79 Å². The Labute approximate surface area is 166 Å². The number of hydrogen-bond acceptors (Lipinski definition) is 5. The van der Waals surface area contributed by atoms with Gasteiger partial charge in [0, 0.05) is 5.56 Å². The van der Waals surface area contributed by atoms with E-state index in [0.29, 0.717) is 29.2 Å². The lowest BCUT2D eigenvalue weighted by atomic mass is 9.86. The summed E-state index contributed by atoms with van der Waals surface area (Å²) in [6, 6.07) is 11.6. The molecule has 0 aliphatic rings. The molecule has 28 heavy (non-hydrogen) atoms. The van der Waals surface area contributed by atoms with Gasteiger partial charge >= 0.3 is 5.97 Å². The Morgan fingerprint density at radius 3 is 2.18 bits per heavy atom. The van der Waals surface area contributed by atoms with Gasteiger partial charge in [0.25, 0.3) is 0 Å². The van der Waals surface area contributed by atoms with Crippen LogP contribution >= 0.6 is 0 Å². The van der Waals surface area contributed by atoms with Gasteiger partial charge in [-0.1, -0.05) is 30.3 Å². The number of methoxy groups -OCH3 is 3. The van der Waals surface area contributed by atoms with E-state index in [9.17, 15) is 9.90 Å². The average molecular weight is 387 g/mol. The van der Waals surface area contributed by atoms with E-state index in [1.54, 1.807) is 0 Å². The van der Waals surface area contributed by atoms with Crippen molar-refractivity contribution in [2.45, 2.75) is 18.8 Å². The van der Waals surface area contributed by atoms with Crippen molar-refractivity contribution in [1.82, 2.24) is 4.90 Å². The molecule has 0 spiro atoms. The molecule has 0 radical (unpaired) electrons. The number of carboxylic acids is 1. The van der Waals surface area contributed by atoms with Crippen LogP contribution in [0, 0.1) is 0 Å². The van der Waals surface area contributed by atoms with Crippen molar-refractivity contribution in [3.05, 3.63) is 53.1 Å². The third-order valence-corrected chi connectivity index (χ3v) is 4.81. The zero-order valence-corrected chi connectivity index (χ0v) is 17.2. The molecule has 1 atom stereocenters. The Morgan fingerprint density at radius 1 is 1.04 bits per heavy atom. The van der Waals surface area contributed by atoms with Crippen molar-refractivity contribution >= 4 is 5.97 Å². The molecule has 2 aromatic rings. The largest absolute Gasteiger partial charge is 0.493 e. The van der Waals surface area contributed by atoms with Crippen LogP contribution in [0.25, 0.3) is 0 Å². The summed E-state index contributed by atoms with van der Waals surface area (Å²) < 4.78 is 16.4. The zero-order valence-electron chi connectivity index (χ0n) is 17.2. The second-order valence-corrected chi connectivity index (χ2v) is 6.88. The summed E-state index contributed by atoms with van der Waals surface area (Å²) in [7, 11) is 8.57. The number of nitrogens with zero attached hydrogens (tertiary/aromatic N) is 1. The first kappa shape index (κ1) is 21.6. The molecule has 0 saturated heterocycles. The Bertz CT molecular complexity index is 789. The summed E-state index contributed by atoms with van der Waals surface area (Å²) in [5.41, 5.74) is 1.94. The predicted molar refractivity (Wildman–Crippen MR) is 109 cm³/mol. The van der Waals surface area contributed by atoms with Crippen LogP contribution in [0.15, 0.2) is 36.4 Å². The van der Waals surface area contributed by atoms with E-state index in [1.807, 2.05) is 32.3 Å². The maximum absolute atomic E-state index is 12.0. The molecule has 6 heteroatoms. The van der Waals surface area contributed by atoms with Crippen LogP contribution in [0.3, 0.4) is 0 Å². The first-order valence-corrected chi connectivity index (χ1v) is 9.17. The van der Waals surface area contributed by atoms with Gasteiger partial charge in [-0.05, 0) is 51.0 Å². The number of ether oxygens (including phenoxy) is 3. The highest BCUT2D eigenvalue weighted by atomic mass is 16.5. The van der Waals surface area contributed by atoms with Gasteiger partial charge in [0.15, 0.2) is 11.5 Å². The van der Waals surface area contributed by atoms with Crippen LogP contribution in [0.4, 0.5) is 0 Å². The maximum atomic E-state index is 12.0. The lowest BCUT2D eigenvalue weighted by molar-refractivity contribution is 0.0694. The SMILES string of the molecule is COc1cc(C(=O)O)c(CC(CCN(C)C)c2ccccc2)c(OC)c1OC. The lowest BCUT2D eigenvalue weighted by Gasteiger charge is -2.23. The van der Waals surface area contributed by atoms with Gasteiger partial charge < -0.3 is 24.2 Å². The third-order valence-electron chi connectivity index (χ3n) is 4.81. The minimum Gasteiger partial charge on any atom is -0.493 e. The van der Waals surface area contributed by atoms with Gasteiger partial charge in [-0.2, -0.15) is 0 Å². The number of carbonyl (C=O) groups is 1. The van der Waals surface area contributed by atoms with E-state index in [-0.39, 0.29) is 11.5 Å². The summed E-state index contributed by atoms with van der Waals surface area (Å²) >= 11 is 0. The predicted octanol–water partition coefficient (Wildman–Crippen LogP) is 3.69. The van der Waals surface area contributed by atoms with Crippen molar-refractivity contribution in [2.75, 3.05) is 42.0 Å². The minimum absolute atomic E-state index is 0.133. The van der Waals surface area contributed by atoms with Gasteiger partial charge in [-0.15, -0.1) is 0 Å². The minimum atomic E-state index is -1.02. The van der Waals surface area contributed by atoms with Crippen LogP contribution in [-0.4, -0.2) is 57.9 Å². The summed E-state index contributed by atoms with van der Waals surface area (Å²) in [6.07, 6.45) is 1.40. The number of benzene rings is 2. The summed E-state index contributed by atoms with van der Waals surface area (Å²) in [6.45, 7) is 0.886. The smallest absolute Gasteiger partial charge is 0.336 e. The highest BCUT2D eigenvalue weighted by Gasteiger charge is 2.26. The zero-order chi connectivity index (χ0) is 20.7. The van der Waals surface area contributed by atoms with Crippen LogP contribution in [0.5, 0.6) is 17.2 Å². The molecule has 0 aliphatic heterocycles. The van der Waals surface area contributed by atoms with Crippen LogP contribution in [0.2, 0.25) is 0 Å². The van der Waals surface area contributed by atoms with Crippen molar-refractivity contribution in [1.29, 1.82) is 0 Å². The fourth-order valence-electron chi connectivity index (χ4n) is 3.38. The average Bonchev–Trinajstić information content (AvgIpc) is 2.70. The standard InChI is InChI=1S/C22H29NO5/c1-23(2)12-11-16(15-9-7-6-8-10-15)13-17-18(22(24)25)14-19(26-3)21(28-5)20(17)27-4/h6-10,14,16H,11-13H2,1-5H3,(H,24,25). The number of rotatable bonds is 10. The van der Waals surface area contributed by atoms with E-state index in [1.165, 1.54) is 27.4 Å². The molecule has 0 amide bonds. The molecule has 0 aliphatic carbocycles. The number of carboxylic acid groups (broad SMARTS) is 1. The van der Waals surface area contributed by atoms with Crippen molar-refractivity contribution in [2.24, 2.45) is 0 Å². The maximum Gasteiger partial charge on any atom is 0.336 e. The van der Waals surface area contributed by atoms with Crippen molar-refractivity contribution in [3.8, 4) is 17.2 Å². The van der Waals surface area contributed by atoms with Crippen LogP contribution in [-0.2, 0) is 6.42 Å². The molecule has 2 aromatic carbocycles. The quantitative estimate of drug-likeness (QED) is 0.671. The van der Waals surface area contributed by atoms with E-state index >= 15 is 0 Å². The van der Waals surface area contributed by atoms with E-state index in [0.717, 1.165) is 18.5 Å². The van der Waals surface area contributed by atoms with Crippen LogP contribution < -0.4 is 14.2 Å². The molecule has 1 unspecified atom stereocenters. The second kappa shape index (κ2) is 9.99. The first-order valence-electron chi connectivity index (χ1n) is 9.17. The van der Waals surface area contributed by atoms with E-state index < -0.39 is 5.97 Å². The number of hydrogen-bond donors (Lipinski definition) is 1. The molecule has 0 aromatic heterocycles. The fourth-order valence-corrected chi connectivity index (χ4v) is 3.38. The summed E-state index contributed by atoms with van der Waals surface area (Å²) in [4.78, 5) is 14.1. The van der Waals surface area contributed by atoms with E-state index in [2.05, 4.69) is 17.0 Å². The highest BCUT2D eigenvalue weighted by molar-refractivity contribution is 5.92. The molecular weight excluding hydrogens is 358 g/mol. The summed E-state index contributed by atoms with van der Waals surface area (Å²) in [5.74, 6) is 0.266. The molecule has 152 valence electrons. The Balaban J connectivity index is 2.57. The van der Waals surface area contributed by atoms with E-state index in [4.69, 9.17) is 14.2 Å². The third kappa shape index (κ3) is 4.95. The monoisotopic (exact) mass is 387 g/mol. The molecule has 6 nitrogen and oxygen atoms in total. The summed E-state index contributed by atoms with van der Waals surface area (Å²) in [5, 5.41) is 9.81. The Hall–Kier alpha value is -2.73. The van der Waals surface area contributed by atoms with Gasteiger partial charge in [0.1, 0.15) is 0 Å². The van der Waals surface area contributed by atoms with Gasteiger partial charge in [-0.3, -0.25) is 0 Å². The molecule has 0 bridgehead atoms. The van der Waals surface area contributed by atoms with Crippen molar-refractivity contribution < 1.29 is 24.1 Å². The normalized spacial score (nSPS) is 11.9. The molecular formula is C22H29NO5.